The maximum atomic E-state index is 11.5. The number of carbonyl (C=O) groups is 2. The number of carboxylic acid groups (broad SMARTS) is 1. The Hall–Kier alpha value is -2.39. The third-order valence-electron chi connectivity index (χ3n) is 2.57. The van der Waals surface area contributed by atoms with E-state index in [4.69, 9.17) is 15.1 Å². The van der Waals surface area contributed by atoms with Crippen LogP contribution in [0.5, 0.6) is 0 Å². The minimum atomic E-state index is -1.13. The standard InChI is InChI=1S/C14H16N2O4/c1-2-20-9-13(17)16-12(14(18)19)7-10-4-3-5-11(6-10)8-15/h3-6,12H,2,7,9H2,1H3,(H,16,17)(H,18,19)/t12-/m0/s1. The summed E-state index contributed by atoms with van der Waals surface area (Å²) in [6.07, 6.45) is 0.114. The summed E-state index contributed by atoms with van der Waals surface area (Å²) in [5, 5.41) is 20.3. The van der Waals surface area contributed by atoms with Gasteiger partial charge in [-0.25, -0.2) is 4.79 Å². The Morgan fingerprint density at radius 1 is 1.50 bits per heavy atom. The highest BCUT2D eigenvalue weighted by molar-refractivity contribution is 5.84. The quantitative estimate of drug-likeness (QED) is 0.764. The number of rotatable bonds is 7. The summed E-state index contributed by atoms with van der Waals surface area (Å²) >= 11 is 0. The van der Waals surface area contributed by atoms with Crippen molar-refractivity contribution in [1.82, 2.24) is 5.32 Å². The van der Waals surface area contributed by atoms with Gasteiger partial charge in [-0.2, -0.15) is 5.26 Å². The molecule has 1 rings (SSSR count). The number of nitrogens with zero attached hydrogens (tertiary/aromatic N) is 1. The van der Waals surface area contributed by atoms with Crippen molar-refractivity contribution in [3.8, 4) is 6.07 Å². The van der Waals surface area contributed by atoms with Crippen LogP contribution >= 0.6 is 0 Å². The lowest BCUT2D eigenvalue weighted by molar-refractivity contribution is -0.142. The van der Waals surface area contributed by atoms with Crippen LogP contribution in [0.2, 0.25) is 0 Å². The Kier molecular flexibility index (Phi) is 6.20. The van der Waals surface area contributed by atoms with Crippen molar-refractivity contribution in [2.24, 2.45) is 0 Å². The van der Waals surface area contributed by atoms with Crippen molar-refractivity contribution in [2.75, 3.05) is 13.2 Å². The molecule has 0 aliphatic carbocycles. The minimum Gasteiger partial charge on any atom is -0.480 e. The normalized spacial score (nSPS) is 11.4. The van der Waals surface area contributed by atoms with Gasteiger partial charge in [0.25, 0.3) is 0 Å². The summed E-state index contributed by atoms with van der Waals surface area (Å²) in [4.78, 5) is 22.6. The van der Waals surface area contributed by atoms with Crippen molar-refractivity contribution in [1.29, 1.82) is 5.26 Å². The number of nitrogens with one attached hydrogen (secondary N) is 1. The third-order valence-corrected chi connectivity index (χ3v) is 2.57. The van der Waals surface area contributed by atoms with E-state index in [-0.39, 0.29) is 13.0 Å². The van der Waals surface area contributed by atoms with Crippen molar-refractivity contribution >= 4 is 11.9 Å². The van der Waals surface area contributed by atoms with Gasteiger partial charge in [0.2, 0.25) is 5.91 Å². The topological polar surface area (TPSA) is 99.4 Å². The predicted octanol–water partition coefficient (Wildman–Crippen LogP) is 0.707. The molecule has 6 nitrogen and oxygen atoms in total. The molecule has 2 N–H and O–H groups in total. The van der Waals surface area contributed by atoms with Crippen molar-refractivity contribution in [3.05, 3.63) is 35.4 Å². The first-order valence-corrected chi connectivity index (χ1v) is 6.15. The number of nitriles is 1. The third kappa shape index (κ3) is 5.08. The largest absolute Gasteiger partial charge is 0.480 e. The first-order chi connectivity index (χ1) is 9.56. The number of hydrogen-bond donors (Lipinski definition) is 2. The lowest BCUT2D eigenvalue weighted by Gasteiger charge is -2.14. The van der Waals surface area contributed by atoms with E-state index in [9.17, 15) is 9.59 Å². The number of carbonyl (C=O) groups excluding carboxylic acids is 1. The van der Waals surface area contributed by atoms with E-state index in [0.29, 0.717) is 17.7 Å². The van der Waals surface area contributed by atoms with Crippen molar-refractivity contribution < 1.29 is 19.4 Å². The van der Waals surface area contributed by atoms with Crippen LogP contribution in [-0.2, 0) is 20.7 Å². The zero-order valence-corrected chi connectivity index (χ0v) is 11.1. The Morgan fingerprint density at radius 2 is 2.25 bits per heavy atom. The van der Waals surface area contributed by atoms with E-state index >= 15 is 0 Å². The van der Waals surface area contributed by atoms with Crippen molar-refractivity contribution in [3.63, 3.8) is 0 Å². The van der Waals surface area contributed by atoms with Gasteiger partial charge >= 0.3 is 5.97 Å². The lowest BCUT2D eigenvalue weighted by atomic mass is 10.0. The average molecular weight is 276 g/mol. The fourth-order valence-electron chi connectivity index (χ4n) is 1.63. The molecule has 20 heavy (non-hydrogen) atoms. The van der Waals surface area contributed by atoms with Crippen LogP contribution in [0.3, 0.4) is 0 Å². The second-order valence-corrected chi connectivity index (χ2v) is 4.11. The highest BCUT2D eigenvalue weighted by atomic mass is 16.5. The molecule has 0 heterocycles. The van der Waals surface area contributed by atoms with E-state index in [0.717, 1.165) is 0 Å². The predicted molar refractivity (Wildman–Crippen MR) is 70.9 cm³/mol. The molecule has 1 aromatic rings. The first-order valence-electron chi connectivity index (χ1n) is 6.15. The monoisotopic (exact) mass is 276 g/mol. The van der Waals surface area contributed by atoms with Crippen LogP contribution in [0.4, 0.5) is 0 Å². The summed E-state index contributed by atoms with van der Waals surface area (Å²) in [6.45, 7) is 1.96. The molecule has 0 bridgehead atoms. The summed E-state index contributed by atoms with van der Waals surface area (Å²) in [7, 11) is 0. The van der Waals surface area contributed by atoms with Crippen molar-refractivity contribution in [2.45, 2.75) is 19.4 Å². The zero-order valence-electron chi connectivity index (χ0n) is 11.1. The van der Waals surface area contributed by atoms with E-state index < -0.39 is 17.9 Å². The second kappa shape index (κ2) is 7.92. The lowest BCUT2D eigenvalue weighted by Crippen LogP contribution is -2.43. The summed E-state index contributed by atoms with van der Waals surface area (Å²) in [5.74, 6) is -1.60. The van der Waals surface area contributed by atoms with Crippen LogP contribution in [0.1, 0.15) is 18.1 Å². The van der Waals surface area contributed by atoms with Gasteiger partial charge in [-0.15, -0.1) is 0 Å². The van der Waals surface area contributed by atoms with Crippen LogP contribution in [-0.4, -0.2) is 36.2 Å². The molecular weight excluding hydrogens is 260 g/mol. The average Bonchev–Trinajstić information content (AvgIpc) is 2.44. The number of aliphatic carboxylic acids is 1. The molecule has 1 atom stereocenters. The first kappa shape index (κ1) is 15.7. The molecule has 6 heteroatoms. The highest BCUT2D eigenvalue weighted by Gasteiger charge is 2.20. The Balaban J connectivity index is 2.70. The Bertz CT molecular complexity index is 522. The maximum absolute atomic E-state index is 11.5. The van der Waals surface area contributed by atoms with Crippen LogP contribution in [0.25, 0.3) is 0 Å². The fraction of sp³-hybridized carbons (Fsp3) is 0.357. The van der Waals surface area contributed by atoms with Crippen LogP contribution < -0.4 is 5.32 Å². The molecule has 0 fully saturated rings. The molecule has 0 saturated heterocycles. The van der Waals surface area contributed by atoms with Gasteiger partial charge in [-0.1, -0.05) is 12.1 Å². The van der Waals surface area contributed by atoms with E-state index in [1.807, 2.05) is 6.07 Å². The number of hydrogen-bond acceptors (Lipinski definition) is 4. The van der Waals surface area contributed by atoms with Gasteiger partial charge in [-0.3, -0.25) is 4.79 Å². The molecule has 0 unspecified atom stereocenters. The molecule has 1 amide bonds. The molecular formula is C14H16N2O4. The number of ether oxygens (including phenoxy) is 1. The Labute approximate surface area is 117 Å². The van der Waals surface area contributed by atoms with Gasteiger partial charge in [0.05, 0.1) is 11.6 Å². The van der Waals surface area contributed by atoms with Crippen LogP contribution in [0, 0.1) is 11.3 Å². The molecule has 0 spiro atoms. The van der Waals surface area contributed by atoms with Crippen LogP contribution in [0.15, 0.2) is 24.3 Å². The molecule has 0 aliphatic heterocycles. The molecule has 0 aliphatic rings. The smallest absolute Gasteiger partial charge is 0.326 e. The molecule has 106 valence electrons. The van der Waals surface area contributed by atoms with Gasteiger partial charge in [-0.05, 0) is 24.6 Å². The minimum absolute atomic E-state index is 0.114. The zero-order chi connectivity index (χ0) is 15.0. The van der Waals surface area contributed by atoms with E-state index in [2.05, 4.69) is 5.32 Å². The van der Waals surface area contributed by atoms with E-state index in [1.165, 1.54) is 0 Å². The molecule has 1 aromatic carbocycles. The molecule has 0 aromatic heterocycles. The summed E-state index contributed by atoms with van der Waals surface area (Å²) in [6, 6.07) is 7.56. The fourth-order valence-corrected chi connectivity index (χ4v) is 1.63. The number of carboxylic acids is 1. The summed E-state index contributed by atoms with van der Waals surface area (Å²) < 4.78 is 4.91. The van der Waals surface area contributed by atoms with Gasteiger partial charge in [0.1, 0.15) is 12.6 Å². The number of benzene rings is 1. The van der Waals surface area contributed by atoms with Gasteiger partial charge < -0.3 is 15.2 Å². The second-order valence-electron chi connectivity index (χ2n) is 4.11. The Morgan fingerprint density at radius 3 is 2.85 bits per heavy atom. The maximum Gasteiger partial charge on any atom is 0.326 e. The summed E-state index contributed by atoms with van der Waals surface area (Å²) in [5.41, 5.74) is 1.13. The number of amides is 1. The highest BCUT2D eigenvalue weighted by Crippen LogP contribution is 2.07. The molecule has 0 saturated carbocycles. The van der Waals surface area contributed by atoms with Gasteiger partial charge in [0.15, 0.2) is 0 Å². The van der Waals surface area contributed by atoms with Gasteiger partial charge in [0, 0.05) is 13.0 Å². The molecule has 0 radical (unpaired) electrons. The van der Waals surface area contributed by atoms with E-state index in [1.54, 1.807) is 31.2 Å². The SMILES string of the molecule is CCOCC(=O)N[C@@H](Cc1cccc(C#N)c1)C(=O)O.